The molecule has 24 heavy (non-hydrogen) atoms. The van der Waals surface area contributed by atoms with Crippen LogP contribution in [0.3, 0.4) is 0 Å². The maximum absolute atomic E-state index is 12.4. The highest BCUT2D eigenvalue weighted by Crippen LogP contribution is 2.20. The van der Waals surface area contributed by atoms with Crippen LogP contribution in [0.15, 0.2) is 49.2 Å². The lowest BCUT2D eigenvalue weighted by molar-refractivity contribution is -0.127. The van der Waals surface area contributed by atoms with Crippen LogP contribution in [0.2, 0.25) is 0 Å². The molecule has 124 valence electrons. The highest BCUT2D eigenvalue weighted by molar-refractivity contribution is 8.00. The summed E-state index contributed by atoms with van der Waals surface area (Å²) < 4.78 is 0. The normalized spacial score (nSPS) is 17.5. The Morgan fingerprint density at radius 3 is 3.04 bits per heavy atom. The van der Waals surface area contributed by atoms with Gasteiger partial charge in [-0.1, -0.05) is 30.8 Å². The van der Waals surface area contributed by atoms with Gasteiger partial charge in [0.25, 0.3) is 0 Å². The molecule has 1 aliphatic rings. The summed E-state index contributed by atoms with van der Waals surface area (Å²) in [6, 6.07) is 9.84. The van der Waals surface area contributed by atoms with Gasteiger partial charge in [0, 0.05) is 37.0 Å². The van der Waals surface area contributed by atoms with Crippen LogP contribution in [0.4, 0.5) is 0 Å². The van der Waals surface area contributed by atoms with Crippen LogP contribution in [-0.2, 0) is 16.1 Å². The second-order valence-corrected chi connectivity index (χ2v) is 6.87. The molecule has 0 bridgehead atoms. The SMILES string of the molecule is C=CC(=O)N1CCSC(C(=O)NCc2cccc3cccnc23)C1. The number of hydrogen-bond donors (Lipinski definition) is 1. The fourth-order valence-electron chi connectivity index (χ4n) is 2.74. The van der Waals surface area contributed by atoms with E-state index in [0.717, 1.165) is 22.2 Å². The van der Waals surface area contributed by atoms with E-state index in [4.69, 9.17) is 0 Å². The van der Waals surface area contributed by atoms with Crippen LogP contribution in [0.1, 0.15) is 5.56 Å². The highest BCUT2D eigenvalue weighted by Gasteiger charge is 2.27. The van der Waals surface area contributed by atoms with Crippen LogP contribution >= 0.6 is 11.8 Å². The smallest absolute Gasteiger partial charge is 0.246 e. The van der Waals surface area contributed by atoms with Crippen molar-refractivity contribution in [2.24, 2.45) is 0 Å². The number of nitrogens with one attached hydrogen (secondary N) is 1. The zero-order valence-electron chi connectivity index (χ0n) is 13.3. The van der Waals surface area contributed by atoms with E-state index in [1.54, 1.807) is 22.9 Å². The fraction of sp³-hybridized carbons (Fsp3) is 0.278. The van der Waals surface area contributed by atoms with Crippen molar-refractivity contribution in [3.8, 4) is 0 Å². The van der Waals surface area contributed by atoms with Crippen molar-refractivity contribution in [3.05, 3.63) is 54.7 Å². The molecule has 2 aromatic rings. The Bertz CT molecular complexity index is 772. The molecule has 5 nitrogen and oxygen atoms in total. The van der Waals surface area contributed by atoms with Crippen LogP contribution in [-0.4, -0.2) is 45.8 Å². The molecule has 1 saturated heterocycles. The summed E-state index contributed by atoms with van der Waals surface area (Å²) in [5, 5.41) is 3.78. The van der Waals surface area contributed by atoms with E-state index in [9.17, 15) is 9.59 Å². The number of carbonyl (C=O) groups excluding carboxylic acids is 2. The molecule has 1 atom stereocenters. The Morgan fingerprint density at radius 1 is 1.38 bits per heavy atom. The molecule has 0 spiro atoms. The maximum atomic E-state index is 12.4. The summed E-state index contributed by atoms with van der Waals surface area (Å²) in [6.45, 7) is 5.02. The zero-order chi connectivity index (χ0) is 16.9. The second-order valence-electron chi connectivity index (χ2n) is 5.56. The first-order valence-corrected chi connectivity index (χ1v) is 8.87. The van der Waals surface area contributed by atoms with E-state index in [1.165, 1.54) is 6.08 Å². The van der Waals surface area contributed by atoms with Crippen molar-refractivity contribution in [2.45, 2.75) is 11.8 Å². The topological polar surface area (TPSA) is 62.3 Å². The van der Waals surface area contributed by atoms with Gasteiger partial charge in [-0.2, -0.15) is 0 Å². The van der Waals surface area contributed by atoms with Gasteiger partial charge in [-0.3, -0.25) is 14.6 Å². The number of para-hydroxylation sites is 1. The van der Waals surface area contributed by atoms with Crippen molar-refractivity contribution < 1.29 is 9.59 Å². The molecule has 0 aliphatic carbocycles. The van der Waals surface area contributed by atoms with E-state index in [0.29, 0.717) is 19.6 Å². The monoisotopic (exact) mass is 341 g/mol. The number of hydrogen-bond acceptors (Lipinski definition) is 4. The lowest BCUT2D eigenvalue weighted by Gasteiger charge is -2.30. The van der Waals surface area contributed by atoms with Gasteiger partial charge < -0.3 is 10.2 Å². The molecular weight excluding hydrogens is 322 g/mol. The maximum Gasteiger partial charge on any atom is 0.246 e. The van der Waals surface area contributed by atoms with Crippen molar-refractivity contribution >= 4 is 34.5 Å². The summed E-state index contributed by atoms with van der Waals surface area (Å²) in [5.74, 6) is 0.592. The number of pyridine rings is 1. The van der Waals surface area contributed by atoms with Gasteiger partial charge in [0.05, 0.1) is 5.52 Å². The summed E-state index contributed by atoms with van der Waals surface area (Å²) in [4.78, 5) is 30.2. The number of fused-ring (bicyclic) bond motifs is 1. The Labute approximate surface area is 145 Å². The average molecular weight is 341 g/mol. The Hall–Kier alpha value is -2.34. The Balaban J connectivity index is 1.64. The Kier molecular flexibility index (Phi) is 5.15. The first-order chi connectivity index (χ1) is 11.7. The molecule has 3 rings (SSSR count). The van der Waals surface area contributed by atoms with Gasteiger partial charge >= 0.3 is 0 Å². The molecule has 0 radical (unpaired) electrons. The predicted octanol–water partition coefficient (Wildman–Crippen LogP) is 1.98. The number of benzene rings is 1. The number of nitrogens with zero attached hydrogens (tertiary/aromatic N) is 2. The van der Waals surface area contributed by atoms with E-state index < -0.39 is 0 Å². The minimum absolute atomic E-state index is 0.0468. The van der Waals surface area contributed by atoms with Gasteiger partial charge in [-0.25, -0.2) is 0 Å². The molecule has 0 saturated carbocycles. The molecule has 1 aliphatic heterocycles. The van der Waals surface area contributed by atoms with Gasteiger partial charge in [-0.15, -0.1) is 11.8 Å². The minimum Gasteiger partial charge on any atom is -0.351 e. The summed E-state index contributed by atoms with van der Waals surface area (Å²) >= 11 is 1.59. The van der Waals surface area contributed by atoms with E-state index in [2.05, 4.69) is 16.9 Å². The predicted molar refractivity (Wildman–Crippen MR) is 96.6 cm³/mol. The van der Waals surface area contributed by atoms with Gasteiger partial charge in [0.15, 0.2) is 0 Å². The molecule has 1 aromatic heterocycles. The second kappa shape index (κ2) is 7.49. The van der Waals surface area contributed by atoms with Gasteiger partial charge in [0.1, 0.15) is 5.25 Å². The molecule has 1 unspecified atom stereocenters. The molecule has 1 fully saturated rings. The molecule has 2 amide bonds. The number of amides is 2. The third-order valence-corrected chi connectivity index (χ3v) is 5.20. The molecule has 2 heterocycles. The number of rotatable bonds is 4. The average Bonchev–Trinajstić information content (AvgIpc) is 2.65. The standard InChI is InChI=1S/C18H19N3O2S/c1-2-16(22)21-9-10-24-15(12-21)18(23)20-11-14-6-3-5-13-7-4-8-19-17(13)14/h2-8,15H,1,9-12H2,(H,20,23). The first kappa shape index (κ1) is 16.5. The van der Waals surface area contributed by atoms with Crippen LogP contribution in [0, 0.1) is 0 Å². The highest BCUT2D eigenvalue weighted by atomic mass is 32.2. The van der Waals surface area contributed by atoms with Crippen LogP contribution in [0.5, 0.6) is 0 Å². The molecule has 1 N–H and O–H groups in total. The largest absolute Gasteiger partial charge is 0.351 e. The third kappa shape index (κ3) is 3.59. The van der Waals surface area contributed by atoms with Crippen molar-refractivity contribution in [1.82, 2.24) is 15.2 Å². The molecule has 1 aromatic carbocycles. The van der Waals surface area contributed by atoms with Gasteiger partial charge in [-0.05, 0) is 17.7 Å². The minimum atomic E-state index is -0.245. The summed E-state index contributed by atoms with van der Waals surface area (Å²) in [6.07, 6.45) is 3.05. The summed E-state index contributed by atoms with van der Waals surface area (Å²) in [7, 11) is 0. The van der Waals surface area contributed by atoms with Crippen molar-refractivity contribution in [1.29, 1.82) is 0 Å². The number of thioether (sulfide) groups is 1. The third-order valence-electron chi connectivity index (χ3n) is 4.01. The first-order valence-electron chi connectivity index (χ1n) is 7.82. The number of carbonyl (C=O) groups is 2. The van der Waals surface area contributed by atoms with E-state index in [-0.39, 0.29) is 17.1 Å². The summed E-state index contributed by atoms with van der Waals surface area (Å²) in [5.41, 5.74) is 1.89. The van der Waals surface area contributed by atoms with Crippen LogP contribution < -0.4 is 5.32 Å². The lowest BCUT2D eigenvalue weighted by atomic mass is 10.1. The van der Waals surface area contributed by atoms with Crippen molar-refractivity contribution in [3.63, 3.8) is 0 Å². The van der Waals surface area contributed by atoms with Crippen molar-refractivity contribution in [2.75, 3.05) is 18.8 Å². The molecule has 6 heteroatoms. The quantitative estimate of drug-likeness (QED) is 0.864. The fourth-order valence-corrected chi connectivity index (χ4v) is 3.87. The van der Waals surface area contributed by atoms with Gasteiger partial charge in [0.2, 0.25) is 11.8 Å². The zero-order valence-corrected chi connectivity index (χ0v) is 14.1. The van der Waals surface area contributed by atoms with E-state index >= 15 is 0 Å². The lowest BCUT2D eigenvalue weighted by Crippen LogP contribution is -2.47. The molecular formula is C18H19N3O2S. The Morgan fingerprint density at radius 2 is 2.21 bits per heavy atom. The van der Waals surface area contributed by atoms with E-state index in [1.807, 2.05) is 30.3 Å². The number of aromatic nitrogens is 1. The van der Waals surface area contributed by atoms with Crippen LogP contribution in [0.25, 0.3) is 10.9 Å².